The number of benzene rings is 2. The molecular weight excluding hydrogens is 307 g/mol. The van der Waals surface area contributed by atoms with Crippen LogP contribution in [-0.2, 0) is 0 Å². The second-order valence-corrected chi connectivity index (χ2v) is 9.84. The summed E-state index contributed by atoms with van der Waals surface area (Å²) in [5.74, 6) is 0.0489. The molecule has 0 heterocycles. The van der Waals surface area contributed by atoms with Crippen molar-refractivity contribution in [3.8, 4) is 0 Å². The third kappa shape index (κ3) is 3.71. The Kier molecular flexibility index (Phi) is 4.98. The third-order valence-electron chi connectivity index (χ3n) is 3.24. The summed E-state index contributed by atoms with van der Waals surface area (Å²) < 4.78 is 1.47. The molecule has 0 spiro atoms. The van der Waals surface area contributed by atoms with Crippen LogP contribution in [0.3, 0.4) is 0 Å². The quantitative estimate of drug-likeness (QED) is 0.474. The molecule has 0 bridgehead atoms. The van der Waals surface area contributed by atoms with E-state index in [1.165, 1.54) is 9.91 Å². The van der Waals surface area contributed by atoms with Crippen molar-refractivity contribution in [3.63, 3.8) is 0 Å². The van der Waals surface area contributed by atoms with Gasteiger partial charge in [0.1, 0.15) is 0 Å². The van der Waals surface area contributed by atoms with E-state index in [9.17, 15) is 4.79 Å². The molecule has 0 saturated carbocycles. The average Bonchev–Trinajstić information content (AvgIpc) is 2.46. The molecule has 0 aliphatic rings. The number of rotatable bonds is 4. The maximum absolute atomic E-state index is 12.0. The summed E-state index contributed by atoms with van der Waals surface area (Å²) in [6.45, 7) is 2.11. The Bertz CT molecular complexity index is 627. The number of aryl methyl sites for hydroxylation is 1. The van der Waals surface area contributed by atoms with Crippen molar-refractivity contribution >= 4 is 30.9 Å². The van der Waals surface area contributed by atoms with Gasteiger partial charge >= 0.3 is 125 Å². The molecule has 2 aromatic rings. The van der Waals surface area contributed by atoms with Crippen LogP contribution in [0.5, 0.6) is 0 Å². The number of hydrogen-bond donors (Lipinski definition) is 0. The number of hydrogen-bond acceptors (Lipinski definition) is 1. The second-order valence-electron chi connectivity index (χ2n) is 5.00. The SMILES string of the molecule is Cc1cc([As](C)C)ccc1C=CC(=O)c1ccccc1. The van der Waals surface area contributed by atoms with Gasteiger partial charge < -0.3 is 0 Å². The van der Waals surface area contributed by atoms with Gasteiger partial charge in [-0.3, -0.25) is 0 Å². The molecule has 0 aromatic heterocycles. The predicted octanol–water partition coefficient (Wildman–Crippen LogP) is 3.85. The van der Waals surface area contributed by atoms with Gasteiger partial charge in [-0.25, -0.2) is 0 Å². The van der Waals surface area contributed by atoms with Gasteiger partial charge in [-0.2, -0.15) is 0 Å². The first-order valence-corrected chi connectivity index (χ1v) is 11.3. The second kappa shape index (κ2) is 6.72. The molecule has 2 rings (SSSR count). The molecule has 0 atom stereocenters. The van der Waals surface area contributed by atoms with Crippen molar-refractivity contribution < 1.29 is 4.79 Å². The Hall–Kier alpha value is -1.59. The van der Waals surface area contributed by atoms with Crippen LogP contribution in [0, 0.1) is 6.92 Å². The summed E-state index contributed by atoms with van der Waals surface area (Å²) in [7, 11) is 0. The van der Waals surface area contributed by atoms with Crippen LogP contribution in [0.1, 0.15) is 21.5 Å². The van der Waals surface area contributed by atoms with Crippen LogP contribution in [-0.4, -0.2) is 20.4 Å². The standard InChI is InChI=1S/C18H19AsO/c1-14-13-17(19(2)3)11-9-15(14)10-12-18(20)16-7-5-4-6-8-16/h4-13H,1-3H3. The topological polar surface area (TPSA) is 17.1 Å². The Morgan fingerprint density at radius 3 is 2.35 bits per heavy atom. The molecule has 0 saturated heterocycles. The van der Waals surface area contributed by atoms with E-state index in [4.69, 9.17) is 0 Å². The van der Waals surface area contributed by atoms with Gasteiger partial charge in [0.15, 0.2) is 0 Å². The third-order valence-corrected chi connectivity index (χ3v) is 5.99. The Morgan fingerprint density at radius 1 is 1.05 bits per heavy atom. The predicted molar refractivity (Wildman–Crippen MR) is 88.1 cm³/mol. The molecule has 0 N–H and O–H groups in total. The number of carbonyl (C=O) groups is 1. The fraction of sp³-hybridized carbons (Fsp3) is 0.167. The van der Waals surface area contributed by atoms with Crippen LogP contribution in [0.4, 0.5) is 0 Å². The van der Waals surface area contributed by atoms with E-state index in [-0.39, 0.29) is 5.78 Å². The normalized spacial score (nSPS) is 11.2. The summed E-state index contributed by atoms with van der Waals surface area (Å²) in [6.07, 6.45) is 3.57. The van der Waals surface area contributed by atoms with Crippen LogP contribution in [0.25, 0.3) is 6.08 Å². The molecule has 0 aliphatic heterocycles. The summed E-state index contributed by atoms with van der Waals surface area (Å²) in [5.41, 5.74) is 7.75. The van der Waals surface area contributed by atoms with Crippen molar-refractivity contribution in [1.29, 1.82) is 0 Å². The first-order valence-electron chi connectivity index (χ1n) is 6.63. The zero-order valence-electron chi connectivity index (χ0n) is 12.1. The van der Waals surface area contributed by atoms with Crippen molar-refractivity contribution in [1.82, 2.24) is 0 Å². The van der Waals surface area contributed by atoms with Gasteiger partial charge in [0.2, 0.25) is 0 Å². The molecule has 1 nitrogen and oxygen atoms in total. The van der Waals surface area contributed by atoms with Gasteiger partial charge in [0.25, 0.3) is 0 Å². The maximum atomic E-state index is 12.0. The van der Waals surface area contributed by atoms with Gasteiger partial charge in [0, 0.05) is 0 Å². The van der Waals surface area contributed by atoms with E-state index in [0.29, 0.717) is 0 Å². The Labute approximate surface area is 125 Å². The first-order chi connectivity index (χ1) is 9.58. The minimum absolute atomic E-state index is 0.0489. The van der Waals surface area contributed by atoms with Crippen molar-refractivity contribution in [2.24, 2.45) is 0 Å². The average molecular weight is 326 g/mol. The molecular formula is C18H19AsO. The van der Waals surface area contributed by atoms with Crippen molar-refractivity contribution in [2.45, 2.75) is 18.3 Å². The van der Waals surface area contributed by atoms with E-state index < -0.39 is 14.7 Å². The molecule has 0 unspecified atom stereocenters. The fourth-order valence-corrected chi connectivity index (χ4v) is 3.72. The Morgan fingerprint density at radius 2 is 1.75 bits per heavy atom. The van der Waals surface area contributed by atoms with Gasteiger partial charge in [-0.15, -0.1) is 0 Å². The van der Waals surface area contributed by atoms with Crippen LogP contribution < -0.4 is 4.35 Å². The molecule has 0 aliphatic carbocycles. The van der Waals surface area contributed by atoms with Crippen LogP contribution in [0.2, 0.25) is 11.4 Å². The van der Waals surface area contributed by atoms with E-state index in [0.717, 1.165) is 11.1 Å². The number of ketones is 1. The molecule has 0 amide bonds. The number of carbonyl (C=O) groups excluding carboxylic acids is 1. The Balaban J connectivity index is 2.18. The van der Waals surface area contributed by atoms with Crippen LogP contribution in [0.15, 0.2) is 54.6 Å². The zero-order valence-corrected chi connectivity index (χ0v) is 14.0. The van der Waals surface area contributed by atoms with Gasteiger partial charge in [-0.05, 0) is 0 Å². The fourth-order valence-electron chi connectivity index (χ4n) is 1.99. The van der Waals surface area contributed by atoms with E-state index in [1.807, 2.05) is 36.4 Å². The first kappa shape index (κ1) is 14.8. The van der Waals surface area contributed by atoms with E-state index in [1.54, 1.807) is 6.08 Å². The zero-order chi connectivity index (χ0) is 14.5. The van der Waals surface area contributed by atoms with Crippen LogP contribution >= 0.6 is 0 Å². The summed E-state index contributed by atoms with van der Waals surface area (Å²) >= 11 is -0.821. The summed E-state index contributed by atoms with van der Waals surface area (Å²) in [4.78, 5) is 12.0. The molecule has 0 radical (unpaired) electrons. The molecule has 2 heteroatoms. The minimum atomic E-state index is -0.821. The molecule has 20 heavy (non-hydrogen) atoms. The number of allylic oxidation sites excluding steroid dienone is 1. The summed E-state index contributed by atoms with van der Waals surface area (Å²) in [5, 5.41) is 0. The molecule has 0 fully saturated rings. The van der Waals surface area contributed by atoms with Crippen molar-refractivity contribution in [2.75, 3.05) is 0 Å². The monoisotopic (exact) mass is 326 g/mol. The van der Waals surface area contributed by atoms with Gasteiger partial charge in [-0.1, -0.05) is 0 Å². The van der Waals surface area contributed by atoms with Crippen molar-refractivity contribution in [3.05, 3.63) is 71.3 Å². The van der Waals surface area contributed by atoms with E-state index >= 15 is 0 Å². The molecule has 2 aromatic carbocycles. The molecule has 102 valence electrons. The summed E-state index contributed by atoms with van der Waals surface area (Å²) in [6, 6.07) is 15.9. The van der Waals surface area contributed by atoms with E-state index in [2.05, 4.69) is 36.5 Å². The van der Waals surface area contributed by atoms with Gasteiger partial charge in [0.05, 0.1) is 0 Å².